The number of nitrogens with zero attached hydrogens (tertiary/aromatic N) is 4. The number of benzene rings is 3. The lowest BCUT2D eigenvalue weighted by atomic mass is 9.91. The van der Waals surface area contributed by atoms with Crippen LogP contribution in [0, 0.1) is 15.5 Å². The lowest BCUT2D eigenvalue weighted by molar-refractivity contribution is -0.384. The lowest BCUT2D eigenvalue weighted by Crippen LogP contribution is -2.34. The molecule has 0 aliphatic rings. The summed E-state index contributed by atoms with van der Waals surface area (Å²) in [7, 11) is 0. The largest absolute Gasteiger partial charge is 0.346 e. The number of nitro groups is 1. The van der Waals surface area contributed by atoms with Crippen molar-refractivity contribution in [2.45, 2.75) is 50.6 Å². The van der Waals surface area contributed by atoms with Crippen LogP contribution in [0.15, 0.2) is 90.1 Å². The Balaban J connectivity index is 1.74. The van der Waals surface area contributed by atoms with Crippen molar-refractivity contribution in [1.29, 1.82) is 0 Å². The van der Waals surface area contributed by atoms with Gasteiger partial charge in [-0.25, -0.2) is 0 Å². The van der Waals surface area contributed by atoms with Gasteiger partial charge < -0.3 is 5.32 Å². The highest BCUT2D eigenvalue weighted by Crippen LogP contribution is 2.30. The van der Waals surface area contributed by atoms with Gasteiger partial charge in [-0.15, -0.1) is 10.2 Å². The molecule has 1 amide bonds. The molecular weight excluding hydrogens is 498 g/mol. The van der Waals surface area contributed by atoms with E-state index < -0.39 is 11.0 Å². The van der Waals surface area contributed by atoms with E-state index in [2.05, 4.69) is 15.5 Å². The van der Waals surface area contributed by atoms with Gasteiger partial charge in [0.25, 0.3) is 5.69 Å². The fourth-order valence-corrected chi connectivity index (χ4v) is 4.99. The number of thioether (sulfide) groups is 1. The summed E-state index contributed by atoms with van der Waals surface area (Å²) in [6.07, 6.45) is 0.880. The second-order valence-corrected chi connectivity index (χ2v) is 11.2. The molecule has 0 aliphatic heterocycles. The minimum Gasteiger partial charge on any atom is -0.346 e. The SMILES string of the molecule is CC(C)(C)CC(=O)NC(Cc1ccccc1)c1nnc(SCc2ccccc2)n1-c1ccc([N+](=O)[O-])cc1. The Bertz CT molecular complexity index is 1370. The van der Waals surface area contributed by atoms with Gasteiger partial charge in [0.05, 0.1) is 11.0 Å². The zero-order valence-electron chi connectivity index (χ0n) is 21.7. The summed E-state index contributed by atoms with van der Waals surface area (Å²) in [4.78, 5) is 23.9. The molecule has 9 heteroatoms. The third-order valence-corrected chi connectivity index (χ3v) is 6.81. The van der Waals surface area contributed by atoms with E-state index in [4.69, 9.17) is 0 Å². The number of hydrogen-bond donors (Lipinski definition) is 1. The molecule has 1 heterocycles. The first-order valence-electron chi connectivity index (χ1n) is 12.4. The molecule has 0 bridgehead atoms. The highest BCUT2D eigenvalue weighted by atomic mass is 32.2. The van der Waals surface area contributed by atoms with Gasteiger partial charge in [-0.1, -0.05) is 93.2 Å². The summed E-state index contributed by atoms with van der Waals surface area (Å²) >= 11 is 1.52. The third kappa shape index (κ3) is 7.29. The Labute approximate surface area is 226 Å². The number of amides is 1. The molecule has 0 aliphatic carbocycles. The molecule has 38 heavy (non-hydrogen) atoms. The first-order valence-corrected chi connectivity index (χ1v) is 13.4. The molecule has 0 radical (unpaired) electrons. The van der Waals surface area contributed by atoms with Crippen molar-refractivity contribution in [2.75, 3.05) is 0 Å². The van der Waals surface area contributed by atoms with Crippen molar-refractivity contribution in [3.63, 3.8) is 0 Å². The van der Waals surface area contributed by atoms with Gasteiger partial charge in [0, 0.05) is 30.0 Å². The number of nitro benzene ring substituents is 1. The standard InChI is InChI=1S/C29H31N5O3S/c1-29(2,3)19-26(35)30-25(18-21-10-6-4-7-11-21)27-31-32-28(38-20-22-12-8-5-9-13-22)33(27)23-14-16-24(17-15-23)34(36)37/h4-17,25H,18-20H2,1-3H3,(H,30,35). The number of carbonyl (C=O) groups is 1. The van der Waals surface area contributed by atoms with Crippen molar-refractivity contribution in [1.82, 2.24) is 20.1 Å². The maximum absolute atomic E-state index is 13.1. The molecule has 1 unspecified atom stereocenters. The fourth-order valence-electron chi connectivity index (χ4n) is 4.07. The van der Waals surface area contributed by atoms with Crippen molar-refractivity contribution in [3.05, 3.63) is 112 Å². The monoisotopic (exact) mass is 529 g/mol. The minimum absolute atomic E-state index is 0.00109. The van der Waals surface area contributed by atoms with E-state index >= 15 is 0 Å². The quantitative estimate of drug-likeness (QED) is 0.147. The second kappa shape index (κ2) is 12.0. The van der Waals surface area contributed by atoms with Gasteiger partial charge >= 0.3 is 0 Å². The Hall–Kier alpha value is -3.98. The van der Waals surface area contributed by atoms with Gasteiger partial charge in [-0.3, -0.25) is 19.5 Å². The van der Waals surface area contributed by atoms with Crippen LogP contribution in [-0.4, -0.2) is 25.6 Å². The highest BCUT2D eigenvalue weighted by Gasteiger charge is 2.27. The molecule has 0 spiro atoms. The van der Waals surface area contributed by atoms with Crippen molar-refractivity contribution < 1.29 is 9.72 Å². The van der Waals surface area contributed by atoms with Crippen molar-refractivity contribution in [3.8, 4) is 5.69 Å². The molecule has 4 aromatic rings. The molecule has 1 aromatic heterocycles. The van der Waals surface area contributed by atoms with Crippen LogP contribution >= 0.6 is 11.8 Å². The highest BCUT2D eigenvalue weighted by molar-refractivity contribution is 7.98. The molecule has 0 saturated carbocycles. The molecular formula is C29H31N5O3S. The van der Waals surface area contributed by atoms with E-state index in [-0.39, 0.29) is 17.0 Å². The predicted molar refractivity (Wildman–Crippen MR) is 149 cm³/mol. The van der Waals surface area contributed by atoms with Gasteiger partial charge in [0.1, 0.15) is 0 Å². The summed E-state index contributed by atoms with van der Waals surface area (Å²) < 4.78 is 1.89. The normalized spacial score (nSPS) is 12.2. The Morgan fingerprint density at radius 2 is 1.55 bits per heavy atom. The van der Waals surface area contributed by atoms with Crippen LogP contribution in [0.5, 0.6) is 0 Å². The van der Waals surface area contributed by atoms with Gasteiger partial charge in [-0.2, -0.15) is 0 Å². The van der Waals surface area contributed by atoms with Crippen LogP contribution in [0.1, 0.15) is 50.2 Å². The number of carbonyl (C=O) groups excluding carboxylic acids is 1. The number of hydrogen-bond acceptors (Lipinski definition) is 6. The van der Waals surface area contributed by atoms with Gasteiger partial charge in [0.15, 0.2) is 11.0 Å². The molecule has 4 rings (SSSR count). The van der Waals surface area contributed by atoms with Crippen LogP contribution in [0.3, 0.4) is 0 Å². The van der Waals surface area contributed by atoms with Crippen LogP contribution in [-0.2, 0) is 17.0 Å². The van der Waals surface area contributed by atoms with E-state index in [0.717, 1.165) is 11.1 Å². The topological polar surface area (TPSA) is 103 Å². The number of non-ortho nitro benzene ring substituents is 1. The van der Waals surface area contributed by atoms with E-state index in [1.54, 1.807) is 12.1 Å². The number of nitrogens with one attached hydrogen (secondary N) is 1. The minimum atomic E-state index is -0.457. The lowest BCUT2D eigenvalue weighted by Gasteiger charge is -2.23. The van der Waals surface area contributed by atoms with Crippen LogP contribution in [0.25, 0.3) is 5.69 Å². The Morgan fingerprint density at radius 1 is 0.947 bits per heavy atom. The van der Waals surface area contributed by atoms with Gasteiger partial charge in [0.2, 0.25) is 5.91 Å². The van der Waals surface area contributed by atoms with E-state index in [1.165, 1.54) is 23.9 Å². The zero-order chi connectivity index (χ0) is 27.1. The summed E-state index contributed by atoms with van der Waals surface area (Å²) in [5.74, 6) is 1.17. The average Bonchev–Trinajstić information content (AvgIpc) is 3.31. The average molecular weight is 530 g/mol. The first-order chi connectivity index (χ1) is 18.2. The smallest absolute Gasteiger partial charge is 0.269 e. The maximum atomic E-state index is 13.1. The van der Waals surface area contributed by atoms with Crippen LogP contribution < -0.4 is 5.32 Å². The first kappa shape index (κ1) is 27.1. The molecule has 3 aromatic carbocycles. The van der Waals surface area contributed by atoms with Crippen LogP contribution in [0.2, 0.25) is 0 Å². The predicted octanol–water partition coefficient (Wildman–Crippen LogP) is 6.30. The van der Waals surface area contributed by atoms with E-state index in [0.29, 0.717) is 35.3 Å². The Kier molecular flexibility index (Phi) is 8.58. The number of aromatic nitrogens is 3. The molecule has 1 N–H and O–H groups in total. The summed E-state index contributed by atoms with van der Waals surface area (Å²) in [6.45, 7) is 6.07. The summed E-state index contributed by atoms with van der Waals surface area (Å²) in [6, 6.07) is 25.8. The molecule has 0 saturated heterocycles. The maximum Gasteiger partial charge on any atom is 0.269 e. The number of rotatable bonds is 10. The summed E-state index contributed by atoms with van der Waals surface area (Å²) in [5, 5.41) is 24.1. The van der Waals surface area contributed by atoms with E-state index in [9.17, 15) is 14.9 Å². The zero-order valence-corrected chi connectivity index (χ0v) is 22.5. The molecule has 1 atom stereocenters. The fraction of sp³-hybridized carbons (Fsp3) is 0.276. The molecule has 8 nitrogen and oxygen atoms in total. The molecule has 0 fully saturated rings. The van der Waals surface area contributed by atoms with E-state index in [1.807, 2.05) is 86.0 Å². The molecule has 196 valence electrons. The Morgan fingerprint density at radius 3 is 2.13 bits per heavy atom. The van der Waals surface area contributed by atoms with Crippen LogP contribution in [0.4, 0.5) is 5.69 Å². The van der Waals surface area contributed by atoms with Crippen molar-refractivity contribution in [2.24, 2.45) is 5.41 Å². The summed E-state index contributed by atoms with van der Waals surface area (Å²) in [5.41, 5.74) is 2.70. The second-order valence-electron chi connectivity index (χ2n) is 10.3. The van der Waals surface area contributed by atoms with Gasteiger partial charge in [-0.05, 0) is 35.1 Å². The van der Waals surface area contributed by atoms with Crippen molar-refractivity contribution >= 4 is 23.4 Å². The third-order valence-electron chi connectivity index (χ3n) is 5.81.